The quantitative estimate of drug-likeness (QED) is 0.306. The standard InChI is InChI=1S/C29H35ClFN6OS/c30-23-17-20(6-7-24(23)31)35-28-27-22-10-13-36(18-25(22)39-29(27)34-19-33-28)26(38)5-4-16-37(14-2-1-3-15-37)21-8-11-32-12-9-21/h4-7,17,19,21,32H,1-3,8-16,18H2,(H,33,34,35)/q+1. The second kappa shape index (κ2) is 11.5. The lowest BCUT2D eigenvalue weighted by Crippen LogP contribution is -2.60. The number of nitrogens with zero attached hydrogens (tertiary/aromatic N) is 4. The number of hydrogen-bond acceptors (Lipinski definition) is 6. The van der Waals surface area contributed by atoms with E-state index in [9.17, 15) is 9.18 Å². The normalized spacial score (nSPS) is 19.9. The summed E-state index contributed by atoms with van der Waals surface area (Å²) in [5.74, 6) is 0.304. The molecule has 10 heteroatoms. The minimum Gasteiger partial charge on any atom is -0.340 e. The van der Waals surface area contributed by atoms with Crippen LogP contribution in [0.3, 0.4) is 0 Å². The molecule has 3 aliphatic rings. The summed E-state index contributed by atoms with van der Waals surface area (Å²) in [6, 6.07) is 5.24. The SMILES string of the molecule is O=C(C=CC[N+]1(C2CCNCC2)CCCCC1)N1CCc2c(sc3ncnc(Nc4ccc(F)c(Cl)c4)c23)C1. The molecular weight excluding hydrogens is 535 g/mol. The van der Waals surface area contributed by atoms with Crippen molar-refractivity contribution in [3.8, 4) is 0 Å². The molecule has 0 atom stereocenters. The molecule has 0 aliphatic carbocycles. The van der Waals surface area contributed by atoms with Gasteiger partial charge in [-0.1, -0.05) is 11.6 Å². The van der Waals surface area contributed by atoms with Gasteiger partial charge in [0.05, 0.1) is 42.6 Å². The van der Waals surface area contributed by atoms with Crippen molar-refractivity contribution in [2.75, 3.05) is 44.6 Å². The number of halogens is 2. The number of nitrogens with one attached hydrogen (secondary N) is 2. The number of carbonyl (C=O) groups excluding carboxylic acids is 1. The fourth-order valence-electron chi connectivity index (χ4n) is 6.58. The summed E-state index contributed by atoms with van der Waals surface area (Å²) in [6.07, 6.45) is 12.6. The van der Waals surface area contributed by atoms with Crippen LogP contribution in [0.1, 0.15) is 42.5 Å². The topological polar surface area (TPSA) is 70.2 Å². The number of fused-ring (bicyclic) bond motifs is 3. The number of benzene rings is 1. The van der Waals surface area contributed by atoms with Gasteiger partial charge in [-0.25, -0.2) is 14.4 Å². The Labute approximate surface area is 237 Å². The minimum absolute atomic E-state index is 0.0591. The first-order chi connectivity index (χ1) is 19.0. The number of carbonyl (C=O) groups is 1. The highest BCUT2D eigenvalue weighted by Gasteiger charge is 2.38. The molecule has 5 heterocycles. The van der Waals surface area contributed by atoms with Gasteiger partial charge in [-0.15, -0.1) is 11.3 Å². The lowest BCUT2D eigenvalue weighted by atomic mass is 9.96. The Morgan fingerprint density at radius 2 is 2.05 bits per heavy atom. The Morgan fingerprint density at radius 3 is 2.85 bits per heavy atom. The molecule has 6 rings (SSSR count). The number of anilines is 2. The van der Waals surface area contributed by atoms with Crippen molar-refractivity contribution >= 4 is 50.6 Å². The van der Waals surface area contributed by atoms with Crippen molar-refractivity contribution in [1.82, 2.24) is 20.2 Å². The van der Waals surface area contributed by atoms with E-state index in [0.29, 0.717) is 30.6 Å². The molecule has 2 N–H and O–H groups in total. The summed E-state index contributed by atoms with van der Waals surface area (Å²) in [4.78, 5) is 26.2. The zero-order valence-electron chi connectivity index (χ0n) is 22.1. The third-order valence-corrected chi connectivity index (χ3v) is 10.1. The number of piperidine rings is 2. The average Bonchev–Trinajstić information content (AvgIpc) is 3.35. The highest BCUT2D eigenvalue weighted by molar-refractivity contribution is 7.19. The van der Waals surface area contributed by atoms with E-state index in [1.807, 2.05) is 11.0 Å². The predicted molar refractivity (Wildman–Crippen MR) is 155 cm³/mol. The van der Waals surface area contributed by atoms with Crippen molar-refractivity contribution in [2.24, 2.45) is 0 Å². The molecular formula is C29H35ClFN6OS+. The number of aromatic nitrogens is 2. The molecule has 2 saturated heterocycles. The molecule has 39 heavy (non-hydrogen) atoms. The average molecular weight is 570 g/mol. The Kier molecular flexibility index (Phi) is 7.84. The maximum atomic E-state index is 13.6. The summed E-state index contributed by atoms with van der Waals surface area (Å²) in [5.41, 5.74) is 1.85. The zero-order chi connectivity index (χ0) is 26.8. The van der Waals surface area contributed by atoms with Gasteiger partial charge in [-0.2, -0.15) is 0 Å². The number of quaternary nitrogens is 1. The molecule has 1 amide bonds. The summed E-state index contributed by atoms with van der Waals surface area (Å²) >= 11 is 7.59. The van der Waals surface area contributed by atoms with E-state index in [2.05, 4.69) is 26.7 Å². The second-order valence-corrected chi connectivity index (χ2v) is 12.5. The molecule has 0 spiro atoms. The predicted octanol–water partition coefficient (Wildman–Crippen LogP) is 5.42. The molecule has 206 valence electrons. The lowest BCUT2D eigenvalue weighted by Gasteiger charge is -2.48. The van der Waals surface area contributed by atoms with Gasteiger partial charge in [0.2, 0.25) is 5.91 Å². The molecule has 3 aromatic rings. The first-order valence-electron chi connectivity index (χ1n) is 14.0. The van der Waals surface area contributed by atoms with Crippen LogP contribution in [-0.2, 0) is 17.8 Å². The number of amides is 1. The Morgan fingerprint density at radius 1 is 1.23 bits per heavy atom. The van der Waals surface area contributed by atoms with E-state index < -0.39 is 5.82 Å². The molecule has 3 aliphatic heterocycles. The zero-order valence-corrected chi connectivity index (χ0v) is 23.7. The van der Waals surface area contributed by atoms with Gasteiger partial charge in [0.25, 0.3) is 0 Å². The molecule has 0 bridgehead atoms. The van der Waals surface area contributed by atoms with Gasteiger partial charge in [0.1, 0.15) is 22.8 Å². The number of thiophene rings is 1. The monoisotopic (exact) mass is 569 g/mol. The Balaban J connectivity index is 1.16. The largest absolute Gasteiger partial charge is 0.340 e. The van der Waals surface area contributed by atoms with E-state index in [4.69, 9.17) is 11.6 Å². The number of rotatable bonds is 6. The number of likely N-dealkylation sites (tertiary alicyclic amines) is 1. The molecule has 2 fully saturated rings. The maximum Gasteiger partial charge on any atom is 0.246 e. The van der Waals surface area contributed by atoms with Crippen molar-refractivity contribution in [2.45, 2.75) is 51.1 Å². The lowest BCUT2D eigenvalue weighted by molar-refractivity contribution is -0.951. The van der Waals surface area contributed by atoms with Gasteiger partial charge in [-0.05, 0) is 55.5 Å². The molecule has 1 aromatic carbocycles. The van der Waals surface area contributed by atoms with Crippen LogP contribution in [0.2, 0.25) is 5.02 Å². The molecule has 2 aromatic heterocycles. The van der Waals surface area contributed by atoms with Gasteiger partial charge in [0, 0.05) is 49.1 Å². The molecule has 0 radical (unpaired) electrons. The third-order valence-electron chi connectivity index (χ3n) is 8.65. The van der Waals surface area contributed by atoms with Crippen molar-refractivity contribution in [3.63, 3.8) is 0 Å². The summed E-state index contributed by atoms with van der Waals surface area (Å²) in [7, 11) is 0. The fourth-order valence-corrected chi connectivity index (χ4v) is 7.97. The fraction of sp³-hybridized carbons (Fsp3) is 0.483. The van der Waals surface area contributed by atoms with Crippen molar-refractivity contribution in [3.05, 3.63) is 58.0 Å². The van der Waals surface area contributed by atoms with Crippen LogP contribution in [0.25, 0.3) is 10.2 Å². The number of hydrogen-bond donors (Lipinski definition) is 2. The van der Waals surface area contributed by atoms with Crippen LogP contribution >= 0.6 is 22.9 Å². The molecule has 0 unspecified atom stereocenters. The minimum atomic E-state index is -0.457. The first-order valence-corrected chi connectivity index (χ1v) is 15.2. The first kappa shape index (κ1) is 26.6. The van der Waals surface area contributed by atoms with Crippen LogP contribution in [0.5, 0.6) is 0 Å². The Bertz CT molecular complexity index is 1380. The van der Waals surface area contributed by atoms with Crippen LogP contribution < -0.4 is 10.6 Å². The summed E-state index contributed by atoms with van der Waals surface area (Å²) < 4.78 is 14.8. The van der Waals surface area contributed by atoms with Crippen molar-refractivity contribution in [1.29, 1.82) is 0 Å². The van der Waals surface area contributed by atoms with Gasteiger partial charge < -0.3 is 20.0 Å². The van der Waals surface area contributed by atoms with E-state index in [1.54, 1.807) is 23.5 Å². The van der Waals surface area contributed by atoms with Crippen LogP contribution in [-0.4, -0.2) is 70.6 Å². The molecule has 7 nitrogen and oxygen atoms in total. The smallest absolute Gasteiger partial charge is 0.246 e. The van der Waals surface area contributed by atoms with Crippen molar-refractivity contribution < 1.29 is 13.7 Å². The van der Waals surface area contributed by atoms with E-state index in [-0.39, 0.29) is 10.9 Å². The second-order valence-electron chi connectivity index (χ2n) is 11.0. The highest BCUT2D eigenvalue weighted by atomic mass is 35.5. The van der Waals surface area contributed by atoms with Gasteiger partial charge >= 0.3 is 0 Å². The van der Waals surface area contributed by atoms with E-state index >= 15 is 0 Å². The summed E-state index contributed by atoms with van der Waals surface area (Å²) in [6.45, 7) is 6.88. The van der Waals surface area contributed by atoms with Gasteiger partial charge in [-0.3, -0.25) is 4.79 Å². The van der Waals surface area contributed by atoms with Gasteiger partial charge in [0.15, 0.2) is 0 Å². The maximum absolute atomic E-state index is 13.6. The Hall–Kier alpha value is -2.59. The van der Waals surface area contributed by atoms with Crippen LogP contribution in [0.15, 0.2) is 36.7 Å². The van der Waals surface area contributed by atoms with E-state index in [0.717, 1.165) is 45.6 Å². The highest BCUT2D eigenvalue weighted by Crippen LogP contribution is 2.38. The van der Waals surface area contributed by atoms with Crippen LogP contribution in [0.4, 0.5) is 15.9 Å². The van der Waals surface area contributed by atoms with Crippen LogP contribution in [0, 0.1) is 5.82 Å². The van der Waals surface area contributed by atoms with E-state index in [1.165, 1.54) is 63.2 Å². The summed E-state index contributed by atoms with van der Waals surface area (Å²) in [5, 5.41) is 7.82. The third kappa shape index (κ3) is 5.55. The molecule has 0 saturated carbocycles.